The highest BCUT2D eigenvalue weighted by atomic mass is 31.2. The average Bonchev–Trinajstić information content (AvgIpc) is 3.05. The minimum absolute atomic E-state index is 0.0335. The van der Waals surface area contributed by atoms with Crippen LogP contribution in [0.1, 0.15) is 32.5 Å². The van der Waals surface area contributed by atoms with Crippen molar-refractivity contribution in [3.8, 4) is 0 Å². The van der Waals surface area contributed by atoms with E-state index in [4.69, 9.17) is 10.5 Å². The Morgan fingerprint density at radius 1 is 1.24 bits per heavy atom. The first-order valence-corrected chi connectivity index (χ1v) is 10.5. The Morgan fingerprint density at radius 2 is 1.83 bits per heavy atom. The van der Waals surface area contributed by atoms with Crippen LogP contribution in [-0.2, 0) is 9.30 Å². The fraction of sp³-hybridized carbons (Fsp3) is 0.625. The Morgan fingerprint density at radius 3 is 2.31 bits per heavy atom. The second-order valence-corrected chi connectivity index (χ2v) is 9.06. The van der Waals surface area contributed by atoms with Crippen molar-refractivity contribution in [3.63, 3.8) is 0 Å². The Kier molecular flexibility index (Phi) is 6.78. The summed E-state index contributed by atoms with van der Waals surface area (Å²) >= 11 is 0. The molecule has 2 aromatic heterocycles. The number of imidazole rings is 1. The number of fused-ring (bicyclic) bond motifs is 1. The molecule has 0 bridgehead atoms. The molecule has 6 N–H and O–H groups in total. The highest BCUT2D eigenvalue weighted by Gasteiger charge is 2.55. The third-order valence-electron chi connectivity index (χ3n) is 4.83. The number of hydrogen-bond donors (Lipinski definition) is 5. The van der Waals surface area contributed by atoms with Gasteiger partial charge in [-0.2, -0.15) is 0 Å². The Bertz CT molecular complexity index is 918. The molecule has 0 unspecified atom stereocenters. The first-order valence-electron chi connectivity index (χ1n) is 8.88. The maximum atomic E-state index is 12.8. The molecule has 13 heteroatoms. The number of carbonyl (C=O) groups excluding carboxylic acids is 1. The van der Waals surface area contributed by atoms with Crippen LogP contribution in [0.3, 0.4) is 0 Å². The maximum absolute atomic E-state index is 12.8. The number of aliphatic hydroxyl groups is 2. The number of nitrogens with zero attached hydrogens (tertiary/aromatic N) is 4. The number of aliphatic hydroxyl groups excluding tert-OH is 2. The van der Waals surface area contributed by atoms with E-state index in [0.29, 0.717) is 0 Å². The molecular weight excluding hydrogens is 405 g/mol. The quantitative estimate of drug-likeness (QED) is 0.352. The maximum Gasteiger partial charge on any atom is 0.357 e. The van der Waals surface area contributed by atoms with Crippen LogP contribution in [0.15, 0.2) is 12.7 Å². The number of anilines is 1. The summed E-state index contributed by atoms with van der Waals surface area (Å²) in [5, 5.41) is 18.3. The first-order chi connectivity index (χ1) is 13.4. The molecule has 0 aliphatic heterocycles. The number of nitrogen functional groups attached to an aromatic ring is 1. The summed E-state index contributed by atoms with van der Waals surface area (Å²) in [6.07, 6.45) is -1.38. The molecule has 2 atom stereocenters. The number of rotatable bonds is 8. The Balaban J connectivity index is 2.43. The lowest BCUT2D eigenvalue weighted by Crippen LogP contribution is -2.51. The second kappa shape index (κ2) is 8.42. The van der Waals surface area contributed by atoms with Gasteiger partial charge >= 0.3 is 7.60 Å². The zero-order chi connectivity index (χ0) is 22.1. The summed E-state index contributed by atoms with van der Waals surface area (Å²) in [4.78, 5) is 44.4. The van der Waals surface area contributed by atoms with Gasteiger partial charge in [-0.1, -0.05) is 27.7 Å². The molecule has 0 radical (unpaired) electrons. The van der Waals surface area contributed by atoms with Gasteiger partial charge in [0.15, 0.2) is 28.4 Å². The fourth-order valence-corrected chi connectivity index (χ4v) is 5.06. The normalized spacial score (nSPS) is 15.2. The van der Waals surface area contributed by atoms with Crippen LogP contribution in [0.25, 0.3) is 11.2 Å². The summed E-state index contributed by atoms with van der Waals surface area (Å²) in [7, 11) is -4.87. The Labute approximate surface area is 166 Å². The summed E-state index contributed by atoms with van der Waals surface area (Å²) in [6, 6.07) is 0. The molecular formula is C16H26N5O7P. The lowest BCUT2D eigenvalue weighted by molar-refractivity contribution is -0.146. The van der Waals surface area contributed by atoms with Crippen LogP contribution in [0.5, 0.6) is 0 Å². The van der Waals surface area contributed by atoms with Crippen molar-refractivity contribution in [3.05, 3.63) is 12.7 Å². The van der Waals surface area contributed by atoms with Gasteiger partial charge in [0.25, 0.3) is 5.91 Å². The summed E-state index contributed by atoms with van der Waals surface area (Å²) < 4.78 is 18.8. The predicted molar refractivity (Wildman–Crippen MR) is 103 cm³/mol. The van der Waals surface area contributed by atoms with E-state index in [-0.39, 0.29) is 17.0 Å². The molecule has 0 aliphatic rings. The largest absolute Gasteiger partial charge is 0.394 e. The number of hydrogen-bond acceptors (Lipinski definition) is 9. The van der Waals surface area contributed by atoms with Crippen LogP contribution in [0.2, 0.25) is 0 Å². The van der Waals surface area contributed by atoms with Crippen LogP contribution in [0.4, 0.5) is 5.82 Å². The molecule has 29 heavy (non-hydrogen) atoms. The minimum atomic E-state index is -4.87. The molecule has 2 aromatic rings. The van der Waals surface area contributed by atoms with Gasteiger partial charge in [0.1, 0.15) is 18.8 Å². The molecule has 0 fully saturated rings. The first kappa shape index (κ1) is 23.3. The topological polar surface area (TPSA) is 194 Å². The van der Waals surface area contributed by atoms with Crippen LogP contribution < -0.4 is 5.73 Å². The van der Waals surface area contributed by atoms with E-state index in [1.54, 1.807) is 27.7 Å². The molecule has 0 saturated carbocycles. The summed E-state index contributed by atoms with van der Waals surface area (Å²) in [5.74, 6) is -2.31. The van der Waals surface area contributed by atoms with Crippen molar-refractivity contribution in [2.75, 3.05) is 12.3 Å². The molecule has 12 nitrogen and oxygen atoms in total. The van der Waals surface area contributed by atoms with E-state index in [1.807, 2.05) is 0 Å². The Hall–Kier alpha value is -1.95. The van der Waals surface area contributed by atoms with E-state index in [0.717, 1.165) is 17.2 Å². The molecule has 0 aromatic carbocycles. The van der Waals surface area contributed by atoms with Gasteiger partial charge in [0.2, 0.25) is 0 Å². The molecule has 0 saturated heterocycles. The third-order valence-corrected chi connectivity index (χ3v) is 6.88. The highest BCUT2D eigenvalue weighted by Crippen LogP contribution is 2.59. The number of ether oxygens (including phenoxy) is 1. The van der Waals surface area contributed by atoms with Gasteiger partial charge in [0, 0.05) is 0 Å². The molecule has 0 amide bonds. The van der Waals surface area contributed by atoms with Crippen molar-refractivity contribution in [2.24, 2.45) is 11.8 Å². The zero-order valence-electron chi connectivity index (χ0n) is 16.5. The lowest BCUT2D eigenvalue weighted by atomic mass is 9.94. The number of aromatic nitrogens is 4. The van der Waals surface area contributed by atoms with Gasteiger partial charge in [-0.3, -0.25) is 13.9 Å². The van der Waals surface area contributed by atoms with Crippen molar-refractivity contribution >= 4 is 30.5 Å². The molecule has 2 heterocycles. The van der Waals surface area contributed by atoms with Crippen LogP contribution in [-0.4, -0.2) is 69.6 Å². The highest BCUT2D eigenvalue weighted by molar-refractivity contribution is 7.53. The van der Waals surface area contributed by atoms with E-state index < -0.39 is 49.5 Å². The smallest absolute Gasteiger partial charge is 0.357 e. The van der Waals surface area contributed by atoms with Crippen LogP contribution >= 0.6 is 7.60 Å². The van der Waals surface area contributed by atoms with E-state index in [9.17, 15) is 29.4 Å². The van der Waals surface area contributed by atoms with Gasteiger partial charge in [-0.25, -0.2) is 15.0 Å². The summed E-state index contributed by atoms with van der Waals surface area (Å²) in [5.41, 5.74) is 5.85. The van der Waals surface area contributed by atoms with Crippen molar-refractivity contribution in [2.45, 2.75) is 45.2 Å². The van der Waals surface area contributed by atoms with Crippen molar-refractivity contribution < 1.29 is 34.1 Å². The van der Waals surface area contributed by atoms with E-state index >= 15 is 0 Å². The standard InChI is InChI=1S/C16H26N5O7P/c1-8(2)16(9(3)4,29(25,26)27)28-10(5-22)12(23)15(24)21-7-20-11-13(17)18-6-19-14(11)21/h6-10,12,22-23H,5H2,1-4H3,(H2,17,18,19)(H2,25,26,27)/t10-,12+/m0/s1. The fourth-order valence-electron chi connectivity index (χ4n) is 3.44. The monoisotopic (exact) mass is 431 g/mol. The minimum Gasteiger partial charge on any atom is -0.394 e. The molecule has 0 spiro atoms. The van der Waals surface area contributed by atoms with Gasteiger partial charge in [0.05, 0.1) is 6.61 Å². The number of nitrogens with two attached hydrogens (primary N) is 1. The third kappa shape index (κ3) is 4.04. The van der Waals surface area contributed by atoms with Crippen molar-refractivity contribution in [1.29, 1.82) is 0 Å². The van der Waals surface area contributed by atoms with Gasteiger partial charge in [-0.15, -0.1) is 0 Å². The predicted octanol–water partition coefficient (Wildman–Crippen LogP) is -0.0269. The number of carbonyl (C=O) groups is 1. The van der Waals surface area contributed by atoms with Gasteiger partial charge in [-0.05, 0) is 11.8 Å². The molecule has 2 rings (SSSR count). The van der Waals surface area contributed by atoms with E-state index in [1.165, 1.54) is 0 Å². The molecule has 0 aliphatic carbocycles. The lowest BCUT2D eigenvalue weighted by Gasteiger charge is -2.43. The van der Waals surface area contributed by atoms with Gasteiger partial charge < -0.3 is 30.5 Å². The summed E-state index contributed by atoms with van der Waals surface area (Å²) in [6.45, 7) is 5.32. The second-order valence-electron chi connectivity index (χ2n) is 7.27. The zero-order valence-corrected chi connectivity index (χ0v) is 17.4. The SMILES string of the molecule is CC(C)C(O[C@@H](CO)[C@@H](O)C(=O)n1cnc2c(N)ncnc21)(C(C)C)P(=O)(O)O. The average molecular weight is 431 g/mol. The van der Waals surface area contributed by atoms with Crippen LogP contribution in [0, 0.1) is 11.8 Å². The van der Waals surface area contributed by atoms with E-state index in [2.05, 4.69) is 15.0 Å². The molecule has 162 valence electrons. The van der Waals surface area contributed by atoms with Crippen molar-refractivity contribution in [1.82, 2.24) is 19.5 Å².